The molecule has 3 nitrogen and oxygen atoms in total. The predicted molar refractivity (Wildman–Crippen MR) is 130 cm³/mol. The van der Waals surface area contributed by atoms with Crippen LogP contribution in [0.3, 0.4) is 0 Å². The lowest BCUT2D eigenvalue weighted by molar-refractivity contribution is -0.239. The van der Waals surface area contributed by atoms with Crippen molar-refractivity contribution < 1.29 is 9.84 Å². The fourth-order valence-corrected chi connectivity index (χ4v) is 9.67. The largest absolute Gasteiger partial charge is 0.388 e. The second-order valence-electron chi connectivity index (χ2n) is 13.3. The number of nitriles is 1. The van der Waals surface area contributed by atoms with Gasteiger partial charge in [0.1, 0.15) is 0 Å². The summed E-state index contributed by atoms with van der Waals surface area (Å²) in [4.78, 5) is 0. The Kier molecular flexibility index (Phi) is 6.81. The molecule has 0 aromatic carbocycles. The lowest BCUT2D eigenvalue weighted by Crippen LogP contribution is -2.66. The second-order valence-corrected chi connectivity index (χ2v) is 13.3. The average molecular weight is 444 g/mol. The van der Waals surface area contributed by atoms with Crippen LogP contribution in [0.15, 0.2) is 0 Å². The molecule has 0 heterocycles. The van der Waals surface area contributed by atoms with Crippen molar-refractivity contribution in [2.75, 3.05) is 7.11 Å². The molecule has 4 aliphatic rings. The zero-order valence-electron chi connectivity index (χ0n) is 21.7. The summed E-state index contributed by atoms with van der Waals surface area (Å²) in [6.45, 7) is 12.2. The maximum atomic E-state index is 12.0. The van der Waals surface area contributed by atoms with Crippen LogP contribution in [0.25, 0.3) is 0 Å². The maximum absolute atomic E-state index is 12.0. The summed E-state index contributed by atoms with van der Waals surface area (Å²) >= 11 is 0. The molecule has 0 aromatic rings. The van der Waals surface area contributed by atoms with E-state index < -0.39 is 5.60 Å². The summed E-state index contributed by atoms with van der Waals surface area (Å²) in [6.07, 6.45) is 13.0. The third-order valence-electron chi connectivity index (χ3n) is 11.5. The van der Waals surface area contributed by atoms with Gasteiger partial charge in [-0.3, -0.25) is 0 Å². The van der Waals surface area contributed by atoms with Crippen LogP contribution in [-0.4, -0.2) is 23.9 Å². The molecule has 1 N–H and O–H groups in total. The van der Waals surface area contributed by atoms with Gasteiger partial charge >= 0.3 is 0 Å². The molecule has 0 aliphatic heterocycles. The number of fused-ring (bicyclic) bond motifs is 5. The first-order valence-electron chi connectivity index (χ1n) is 13.8. The van der Waals surface area contributed by atoms with Crippen molar-refractivity contribution in [2.24, 2.45) is 52.3 Å². The molecular formula is C29H49NO2. The summed E-state index contributed by atoms with van der Waals surface area (Å²) in [7, 11) is 1.76. The van der Waals surface area contributed by atoms with E-state index in [9.17, 15) is 10.4 Å². The molecular weight excluding hydrogens is 394 g/mol. The topological polar surface area (TPSA) is 53.2 Å². The van der Waals surface area contributed by atoms with Gasteiger partial charge in [0.2, 0.25) is 0 Å². The van der Waals surface area contributed by atoms with E-state index in [0.717, 1.165) is 42.9 Å². The fourth-order valence-electron chi connectivity index (χ4n) is 9.67. The minimum Gasteiger partial charge on any atom is -0.388 e. The second kappa shape index (κ2) is 8.88. The highest BCUT2D eigenvalue weighted by atomic mass is 16.5. The van der Waals surface area contributed by atoms with Crippen LogP contribution < -0.4 is 0 Å². The molecule has 0 radical (unpaired) electrons. The first-order valence-corrected chi connectivity index (χ1v) is 13.8. The highest BCUT2D eigenvalue weighted by Crippen LogP contribution is 2.70. The van der Waals surface area contributed by atoms with E-state index in [4.69, 9.17) is 4.74 Å². The summed E-state index contributed by atoms with van der Waals surface area (Å²) in [5, 5.41) is 22.2. The van der Waals surface area contributed by atoms with Crippen LogP contribution in [0.1, 0.15) is 105 Å². The lowest BCUT2D eigenvalue weighted by atomic mass is 9.41. The molecule has 4 aliphatic carbocycles. The average Bonchev–Trinajstić information content (AvgIpc) is 3.10. The van der Waals surface area contributed by atoms with Crippen molar-refractivity contribution in [2.45, 2.75) is 117 Å². The van der Waals surface area contributed by atoms with E-state index >= 15 is 0 Å². The lowest BCUT2D eigenvalue weighted by Gasteiger charge is -2.65. The smallest absolute Gasteiger partial charge is 0.0885 e. The number of hydrogen-bond donors (Lipinski definition) is 1. The zero-order chi connectivity index (χ0) is 23.3. The molecule has 10 atom stereocenters. The molecule has 0 bridgehead atoms. The summed E-state index contributed by atoms with van der Waals surface area (Å²) in [5.74, 6) is 4.09. The molecule has 4 rings (SSSR count). The minimum atomic E-state index is -0.891. The summed E-state index contributed by atoms with van der Waals surface area (Å²) in [5.41, 5.74) is -0.612. The number of methoxy groups -OCH3 is 1. The van der Waals surface area contributed by atoms with Crippen LogP contribution in [0, 0.1) is 63.6 Å². The summed E-state index contributed by atoms with van der Waals surface area (Å²) < 4.78 is 5.68. The van der Waals surface area contributed by atoms with E-state index in [1.807, 2.05) is 0 Å². The molecule has 0 spiro atoms. The van der Waals surface area contributed by atoms with Crippen LogP contribution in [0.4, 0.5) is 0 Å². The number of rotatable bonds is 6. The summed E-state index contributed by atoms with van der Waals surface area (Å²) in [6, 6.07) is 2.61. The van der Waals surface area contributed by atoms with Crippen LogP contribution in [0.2, 0.25) is 0 Å². The molecule has 0 aromatic heterocycles. The normalized spacial score (nSPS) is 49.1. The molecule has 4 saturated carbocycles. The number of aliphatic hydroxyl groups is 1. The van der Waals surface area contributed by atoms with Gasteiger partial charge < -0.3 is 9.84 Å². The Morgan fingerprint density at radius 3 is 2.44 bits per heavy atom. The van der Waals surface area contributed by atoms with Crippen molar-refractivity contribution in [3.8, 4) is 6.07 Å². The highest BCUT2D eigenvalue weighted by Gasteiger charge is 2.67. The van der Waals surface area contributed by atoms with Crippen LogP contribution in [-0.2, 0) is 4.74 Å². The van der Waals surface area contributed by atoms with Gasteiger partial charge in [0.15, 0.2) is 0 Å². The van der Waals surface area contributed by atoms with Crippen molar-refractivity contribution >= 4 is 0 Å². The predicted octanol–water partition coefficient (Wildman–Crippen LogP) is 6.99. The van der Waals surface area contributed by atoms with Gasteiger partial charge in [-0.15, -0.1) is 0 Å². The van der Waals surface area contributed by atoms with Gasteiger partial charge in [0.25, 0.3) is 0 Å². The first-order chi connectivity index (χ1) is 15.1. The van der Waals surface area contributed by atoms with Gasteiger partial charge in [-0.05, 0) is 85.9 Å². The SMILES string of the molecule is CO[C@H]1CC[C@]2(C)[C@H]3CC[C@]4(C)[C@@H]([C@@H](C)CCCC(C)C)CC[C@H]4[C@@H]3C[C@H](C#N)[C@@]2(O)C1. The van der Waals surface area contributed by atoms with Gasteiger partial charge in [0.05, 0.1) is 23.7 Å². The number of nitrogens with zero attached hydrogens (tertiary/aromatic N) is 1. The van der Waals surface area contributed by atoms with Crippen molar-refractivity contribution in [3.63, 3.8) is 0 Å². The Balaban J connectivity index is 1.56. The highest BCUT2D eigenvalue weighted by molar-refractivity contribution is 5.20. The quantitative estimate of drug-likeness (QED) is 0.481. The third kappa shape index (κ3) is 3.67. The molecule has 0 unspecified atom stereocenters. The Hall–Kier alpha value is -0.590. The zero-order valence-corrected chi connectivity index (χ0v) is 21.7. The van der Waals surface area contributed by atoms with Crippen LogP contribution >= 0.6 is 0 Å². The third-order valence-corrected chi connectivity index (χ3v) is 11.5. The standard InChI is InChI=1S/C29H49NO2/c1-19(2)8-7-9-20(3)24-10-11-25-23-16-21(18-30)29(31)17-22(32-6)12-15-28(29,5)26(23)13-14-27(24,25)4/h19-26,31H,7-17H2,1-6H3/t20-,21+,22-,23-,24+,25-,26-,27+,28+,29-/m0/s1. The maximum Gasteiger partial charge on any atom is 0.0885 e. The van der Waals surface area contributed by atoms with Crippen molar-refractivity contribution in [1.82, 2.24) is 0 Å². The monoisotopic (exact) mass is 443 g/mol. The van der Waals surface area contributed by atoms with Crippen molar-refractivity contribution in [3.05, 3.63) is 0 Å². The Morgan fingerprint density at radius 1 is 1.03 bits per heavy atom. The van der Waals surface area contributed by atoms with Crippen molar-refractivity contribution in [1.29, 1.82) is 5.26 Å². The van der Waals surface area contributed by atoms with Gasteiger partial charge in [-0.1, -0.05) is 53.9 Å². The first kappa shape index (κ1) is 24.5. The molecule has 0 amide bonds. The fraction of sp³-hybridized carbons (Fsp3) is 0.966. The number of ether oxygens (including phenoxy) is 1. The van der Waals surface area contributed by atoms with E-state index in [2.05, 4.69) is 40.7 Å². The number of hydrogen-bond acceptors (Lipinski definition) is 3. The van der Waals surface area contributed by atoms with E-state index in [1.165, 1.54) is 44.9 Å². The Morgan fingerprint density at radius 2 is 1.78 bits per heavy atom. The molecule has 182 valence electrons. The molecule has 32 heavy (non-hydrogen) atoms. The Labute approximate surface area is 197 Å². The molecule has 0 saturated heterocycles. The minimum absolute atomic E-state index is 0.0943. The Bertz CT molecular complexity index is 714. The van der Waals surface area contributed by atoms with Crippen LogP contribution in [0.5, 0.6) is 0 Å². The van der Waals surface area contributed by atoms with E-state index in [1.54, 1.807) is 7.11 Å². The van der Waals surface area contributed by atoms with E-state index in [-0.39, 0.29) is 17.4 Å². The van der Waals surface area contributed by atoms with Gasteiger partial charge in [-0.2, -0.15) is 5.26 Å². The van der Waals surface area contributed by atoms with E-state index in [0.29, 0.717) is 23.7 Å². The van der Waals surface area contributed by atoms with Gasteiger partial charge in [0, 0.05) is 18.9 Å². The van der Waals surface area contributed by atoms with Gasteiger partial charge in [-0.25, -0.2) is 0 Å². The molecule has 4 fully saturated rings. The molecule has 3 heteroatoms.